The van der Waals surface area contributed by atoms with E-state index in [1.165, 1.54) is 25.6 Å². The van der Waals surface area contributed by atoms with E-state index in [0.29, 0.717) is 22.0 Å². The molecule has 138 valence electrons. The highest BCUT2D eigenvalue weighted by Crippen LogP contribution is 2.28. The molecule has 0 saturated heterocycles. The van der Waals surface area contributed by atoms with E-state index in [4.69, 9.17) is 16.3 Å². The number of carbonyl (C=O) groups excluding carboxylic acids is 1. The molecule has 0 aliphatic heterocycles. The first-order valence-corrected chi connectivity index (χ1v) is 8.39. The van der Waals surface area contributed by atoms with Crippen LogP contribution in [-0.2, 0) is 6.54 Å². The molecule has 27 heavy (non-hydrogen) atoms. The number of anilines is 2. The highest BCUT2D eigenvalue weighted by atomic mass is 35.5. The summed E-state index contributed by atoms with van der Waals surface area (Å²) in [5.74, 6) is 0.0552. The Labute approximate surface area is 160 Å². The second kappa shape index (κ2) is 8.46. The summed E-state index contributed by atoms with van der Waals surface area (Å²) in [6.45, 7) is 0.234. The van der Waals surface area contributed by atoms with Gasteiger partial charge in [-0.3, -0.25) is 4.79 Å². The van der Waals surface area contributed by atoms with Gasteiger partial charge in [-0.2, -0.15) is 0 Å². The van der Waals surface area contributed by atoms with Crippen molar-refractivity contribution in [2.75, 3.05) is 17.7 Å². The van der Waals surface area contributed by atoms with E-state index in [9.17, 15) is 9.18 Å². The molecule has 0 spiro atoms. The third-order valence-electron chi connectivity index (χ3n) is 3.72. The summed E-state index contributed by atoms with van der Waals surface area (Å²) in [6, 6.07) is 11.3. The molecule has 2 N–H and O–H groups in total. The van der Waals surface area contributed by atoms with E-state index in [1.807, 2.05) is 0 Å². The Morgan fingerprint density at radius 1 is 1.19 bits per heavy atom. The Kier molecular flexibility index (Phi) is 5.83. The van der Waals surface area contributed by atoms with Crippen molar-refractivity contribution in [3.05, 3.63) is 76.8 Å². The number of ether oxygens (including phenoxy) is 1. The van der Waals surface area contributed by atoms with Crippen LogP contribution in [0, 0.1) is 5.82 Å². The van der Waals surface area contributed by atoms with Crippen molar-refractivity contribution in [1.29, 1.82) is 0 Å². The van der Waals surface area contributed by atoms with Gasteiger partial charge in [-0.25, -0.2) is 14.4 Å². The van der Waals surface area contributed by atoms with Crippen LogP contribution in [0.25, 0.3) is 0 Å². The number of benzene rings is 2. The van der Waals surface area contributed by atoms with Crippen molar-refractivity contribution in [2.45, 2.75) is 6.54 Å². The summed E-state index contributed by atoms with van der Waals surface area (Å²) in [7, 11) is 1.50. The number of hydrogen-bond donors (Lipinski definition) is 2. The summed E-state index contributed by atoms with van der Waals surface area (Å²) >= 11 is 5.95. The van der Waals surface area contributed by atoms with Crippen molar-refractivity contribution in [1.82, 2.24) is 9.97 Å². The van der Waals surface area contributed by atoms with E-state index < -0.39 is 5.91 Å². The van der Waals surface area contributed by atoms with Crippen LogP contribution in [0.3, 0.4) is 0 Å². The number of aromatic nitrogens is 2. The summed E-state index contributed by atoms with van der Waals surface area (Å²) in [5.41, 5.74) is 1.20. The van der Waals surface area contributed by atoms with Crippen LogP contribution in [0.2, 0.25) is 5.02 Å². The minimum atomic E-state index is -0.406. The number of rotatable bonds is 6. The molecule has 0 saturated carbocycles. The molecule has 0 unspecified atom stereocenters. The van der Waals surface area contributed by atoms with Gasteiger partial charge in [0.05, 0.1) is 18.4 Å². The molecule has 1 heterocycles. The Bertz CT molecular complexity index is 951. The summed E-state index contributed by atoms with van der Waals surface area (Å²) in [5, 5.41) is 6.08. The monoisotopic (exact) mass is 386 g/mol. The van der Waals surface area contributed by atoms with Gasteiger partial charge in [-0.1, -0.05) is 29.8 Å². The van der Waals surface area contributed by atoms with Crippen LogP contribution in [0.1, 0.15) is 15.9 Å². The number of nitrogens with one attached hydrogen (secondary N) is 2. The van der Waals surface area contributed by atoms with E-state index in [2.05, 4.69) is 20.6 Å². The van der Waals surface area contributed by atoms with Crippen LogP contribution in [0.15, 0.2) is 54.9 Å². The number of nitrogens with zero attached hydrogens (tertiary/aromatic N) is 2. The molecule has 0 radical (unpaired) electrons. The zero-order chi connectivity index (χ0) is 19.2. The van der Waals surface area contributed by atoms with Gasteiger partial charge in [-0.05, 0) is 24.3 Å². The highest BCUT2D eigenvalue weighted by molar-refractivity contribution is 6.31. The molecule has 0 bridgehead atoms. The normalized spacial score (nSPS) is 10.3. The minimum absolute atomic E-state index is 0.234. The number of amides is 1. The van der Waals surface area contributed by atoms with Gasteiger partial charge in [0.2, 0.25) is 5.95 Å². The zero-order valence-corrected chi connectivity index (χ0v) is 15.1. The molecule has 6 nitrogen and oxygen atoms in total. The van der Waals surface area contributed by atoms with Gasteiger partial charge >= 0.3 is 0 Å². The molecule has 3 aromatic rings. The minimum Gasteiger partial charge on any atom is -0.495 e. The Balaban J connectivity index is 1.65. The second-order valence-electron chi connectivity index (χ2n) is 5.54. The summed E-state index contributed by atoms with van der Waals surface area (Å²) in [6.07, 6.45) is 2.76. The second-order valence-corrected chi connectivity index (χ2v) is 5.98. The lowest BCUT2D eigenvalue weighted by Gasteiger charge is -2.10. The first-order valence-electron chi connectivity index (χ1n) is 8.01. The first-order chi connectivity index (χ1) is 13.1. The average Bonchev–Trinajstić information content (AvgIpc) is 2.68. The molecule has 3 rings (SSSR count). The van der Waals surface area contributed by atoms with Crippen molar-refractivity contribution in [2.24, 2.45) is 0 Å². The molecule has 1 aromatic heterocycles. The number of methoxy groups -OCH3 is 1. The smallest absolute Gasteiger partial charge is 0.258 e. The van der Waals surface area contributed by atoms with Gasteiger partial charge in [-0.15, -0.1) is 0 Å². The van der Waals surface area contributed by atoms with Crippen molar-refractivity contribution in [3.63, 3.8) is 0 Å². The lowest BCUT2D eigenvalue weighted by molar-refractivity contribution is 0.102. The van der Waals surface area contributed by atoms with Crippen LogP contribution in [0.4, 0.5) is 16.0 Å². The van der Waals surface area contributed by atoms with Gasteiger partial charge in [0, 0.05) is 29.5 Å². The summed E-state index contributed by atoms with van der Waals surface area (Å²) in [4.78, 5) is 20.5. The maximum Gasteiger partial charge on any atom is 0.258 e. The molecule has 0 aliphatic carbocycles. The lowest BCUT2D eigenvalue weighted by atomic mass is 10.2. The molecular formula is C19H16ClFN4O2. The average molecular weight is 387 g/mol. The predicted octanol–water partition coefficient (Wildman–Crippen LogP) is 4.14. The number of halogens is 2. The van der Waals surface area contributed by atoms with E-state index in [1.54, 1.807) is 36.4 Å². The largest absolute Gasteiger partial charge is 0.495 e. The van der Waals surface area contributed by atoms with Crippen molar-refractivity contribution in [3.8, 4) is 5.75 Å². The van der Waals surface area contributed by atoms with E-state index >= 15 is 0 Å². The third kappa shape index (κ3) is 4.71. The molecule has 1 amide bonds. The molecule has 8 heteroatoms. The quantitative estimate of drug-likeness (QED) is 0.665. The Hall–Kier alpha value is -3.19. The van der Waals surface area contributed by atoms with E-state index in [-0.39, 0.29) is 23.9 Å². The van der Waals surface area contributed by atoms with Crippen molar-refractivity contribution < 1.29 is 13.9 Å². The molecule has 2 aromatic carbocycles. The van der Waals surface area contributed by atoms with Crippen LogP contribution < -0.4 is 15.4 Å². The van der Waals surface area contributed by atoms with Crippen LogP contribution >= 0.6 is 11.6 Å². The SMILES string of the molecule is COc1ccc(Cl)cc1NC(=O)c1cnc(NCc2ccccc2F)nc1. The maximum absolute atomic E-state index is 13.6. The molecular weight excluding hydrogens is 371 g/mol. The zero-order valence-electron chi connectivity index (χ0n) is 14.4. The van der Waals surface area contributed by atoms with Crippen molar-refractivity contribution >= 4 is 29.1 Å². The Morgan fingerprint density at radius 3 is 2.63 bits per heavy atom. The standard InChI is InChI=1S/C19H16ClFN4O2/c1-27-17-7-6-14(20)8-16(17)25-18(26)13-10-23-19(24-11-13)22-9-12-4-2-3-5-15(12)21/h2-8,10-11H,9H2,1H3,(H,25,26)(H,22,23,24). The number of hydrogen-bond acceptors (Lipinski definition) is 5. The Morgan fingerprint density at radius 2 is 1.93 bits per heavy atom. The molecule has 0 fully saturated rings. The predicted molar refractivity (Wildman–Crippen MR) is 102 cm³/mol. The number of carbonyl (C=O) groups is 1. The maximum atomic E-state index is 13.6. The van der Waals surface area contributed by atoms with Gasteiger partial charge in [0.15, 0.2) is 0 Å². The fourth-order valence-corrected chi connectivity index (χ4v) is 2.50. The van der Waals surface area contributed by atoms with Gasteiger partial charge < -0.3 is 15.4 Å². The fraction of sp³-hybridized carbons (Fsp3) is 0.105. The molecule has 0 atom stereocenters. The molecule has 0 aliphatic rings. The van der Waals surface area contributed by atoms with Crippen LogP contribution in [-0.4, -0.2) is 23.0 Å². The highest BCUT2D eigenvalue weighted by Gasteiger charge is 2.12. The van der Waals surface area contributed by atoms with E-state index in [0.717, 1.165) is 0 Å². The first kappa shape index (κ1) is 18.6. The van der Waals surface area contributed by atoms with Gasteiger partial charge in [0.1, 0.15) is 11.6 Å². The van der Waals surface area contributed by atoms with Gasteiger partial charge in [0.25, 0.3) is 5.91 Å². The summed E-state index contributed by atoms with van der Waals surface area (Å²) < 4.78 is 18.8. The lowest BCUT2D eigenvalue weighted by Crippen LogP contribution is -2.14. The van der Waals surface area contributed by atoms with Crippen LogP contribution in [0.5, 0.6) is 5.75 Å². The third-order valence-corrected chi connectivity index (χ3v) is 3.95. The fourth-order valence-electron chi connectivity index (χ4n) is 2.32. The topological polar surface area (TPSA) is 76.1 Å².